The Morgan fingerprint density at radius 3 is 2.36 bits per heavy atom. The van der Waals surface area contributed by atoms with E-state index in [1.165, 1.54) is 0 Å². The minimum absolute atomic E-state index is 0.122. The molecule has 0 saturated carbocycles. The molecule has 0 radical (unpaired) electrons. The van der Waals surface area contributed by atoms with Crippen LogP contribution in [0.1, 0.15) is 11.1 Å². The van der Waals surface area contributed by atoms with Gasteiger partial charge in [-0.05, 0) is 41.8 Å². The number of rotatable bonds is 8. The summed E-state index contributed by atoms with van der Waals surface area (Å²) in [4.78, 5) is 19.6. The first-order valence-corrected chi connectivity index (χ1v) is 10.9. The van der Waals surface area contributed by atoms with Gasteiger partial charge in [-0.25, -0.2) is 0 Å². The third-order valence-corrected chi connectivity index (χ3v) is 5.82. The highest BCUT2D eigenvalue weighted by atomic mass is 16.5. The van der Waals surface area contributed by atoms with E-state index in [-0.39, 0.29) is 11.9 Å². The van der Waals surface area contributed by atoms with Crippen LogP contribution in [-0.2, 0) is 17.8 Å². The molecule has 7 nitrogen and oxygen atoms in total. The van der Waals surface area contributed by atoms with Crippen LogP contribution in [0.5, 0.6) is 17.2 Å². The summed E-state index contributed by atoms with van der Waals surface area (Å²) in [5, 5.41) is 3.36. The minimum atomic E-state index is -0.211. The quantitative estimate of drug-likeness (QED) is 0.571. The molecule has 1 aliphatic rings. The molecule has 1 fully saturated rings. The Bertz CT molecular complexity index is 1080. The Morgan fingerprint density at radius 2 is 1.70 bits per heavy atom. The summed E-state index contributed by atoms with van der Waals surface area (Å²) in [7, 11) is 4.76. The number of hydrogen-bond donors (Lipinski definition) is 1. The number of benzene rings is 2. The van der Waals surface area contributed by atoms with Crippen LogP contribution in [0.2, 0.25) is 0 Å². The third kappa shape index (κ3) is 5.09. The molecule has 0 unspecified atom stereocenters. The molecule has 1 aliphatic heterocycles. The molecule has 1 aromatic heterocycles. The van der Waals surface area contributed by atoms with Crippen LogP contribution >= 0.6 is 0 Å². The van der Waals surface area contributed by atoms with Crippen LogP contribution in [0.25, 0.3) is 11.3 Å². The maximum atomic E-state index is 13.1. The third-order valence-electron chi connectivity index (χ3n) is 5.82. The van der Waals surface area contributed by atoms with E-state index in [9.17, 15) is 4.79 Å². The van der Waals surface area contributed by atoms with Crippen molar-refractivity contribution in [2.75, 3.05) is 34.4 Å². The second kappa shape index (κ2) is 10.4. The van der Waals surface area contributed by atoms with Gasteiger partial charge in [-0.15, -0.1) is 0 Å². The molecule has 7 heteroatoms. The Kier molecular flexibility index (Phi) is 7.10. The first-order chi connectivity index (χ1) is 16.1. The molecule has 0 bridgehead atoms. The van der Waals surface area contributed by atoms with E-state index in [0.717, 1.165) is 28.9 Å². The summed E-state index contributed by atoms with van der Waals surface area (Å²) in [6, 6.07) is 17.6. The molecule has 1 amide bonds. The van der Waals surface area contributed by atoms with Crippen molar-refractivity contribution in [2.45, 2.75) is 19.0 Å². The minimum Gasteiger partial charge on any atom is -0.493 e. The zero-order valence-corrected chi connectivity index (χ0v) is 19.2. The van der Waals surface area contributed by atoms with Crippen LogP contribution in [0.4, 0.5) is 0 Å². The number of carbonyl (C=O) groups is 1. The zero-order chi connectivity index (χ0) is 23.2. The second-order valence-electron chi connectivity index (χ2n) is 7.92. The molecule has 4 rings (SSSR count). The standard InChI is InChI=1S/C26H29N3O4/c1-31-23-15-20(16-24(32-2)25(23)33-3)21-14-19(9-10-27-21)17-29-12-11-28-22(26(29)30)13-18-7-5-4-6-8-18/h4-10,14-16,22,28H,11-13,17H2,1-3H3/t22-/m0/s1. The summed E-state index contributed by atoms with van der Waals surface area (Å²) in [6.07, 6.45) is 2.45. The Morgan fingerprint density at radius 1 is 0.970 bits per heavy atom. The molecule has 1 atom stereocenters. The molecular formula is C26H29N3O4. The fourth-order valence-corrected chi connectivity index (χ4v) is 4.14. The smallest absolute Gasteiger partial charge is 0.240 e. The summed E-state index contributed by atoms with van der Waals surface area (Å²) < 4.78 is 16.4. The normalized spacial score (nSPS) is 15.9. The van der Waals surface area contributed by atoms with Crippen molar-refractivity contribution < 1.29 is 19.0 Å². The maximum Gasteiger partial charge on any atom is 0.240 e. The van der Waals surface area contributed by atoms with Gasteiger partial charge in [-0.1, -0.05) is 30.3 Å². The van der Waals surface area contributed by atoms with Gasteiger partial charge in [0, 0.05) is 31.4 Å². The summed E-state index contributed by atoms with van der Waals surface area (Å²) in [5.41, 5.74) is 3.79. The molecule has 3 aromatic rings. The number of amides is 1. The van der Waals surface area contributed by atoms with Crippen LogP contribution < -0.4 is 19.5 Å². The molecule has 172 valence electrons. The average molecular weight is 448 g/mol. The van der Waals surface area contributed by atoms with Crippen LogP contribution in [0, 0.1) is 0 Å². The van der Waals surface area contributed by atoms with Crippen molar-refractivity contribution in [2.24, 2.45) is 0 Å². The van der Waals surface area contributed by atoms with Crippen molar-refractivity contribution in [3.8, 4) is 28.5 Å². The lowest BCUT2D eigenvalue weighted by atomic mass is 10.0. The van der Waals surface area contributed by atoms with E-state index in [2.05, 4.69) is 22.4 Å². The highest BCUT2D eigenvalue weighted by molar-refractivity contribution is 5.83. The Balaban J connectivity index is 1.53. The molecule has 0 spiro atoms. The number of pyridine rings is 1. The highest BCUT2D eigenvalue weighted by Gasteiger charge is 2.28. The predicted molar refractivity (Wildman–Crippen MR) is 127 cm³/mol. The maximum absolute atomic E-state index is 13.1. The lowest BCUT2D eigenvalue weighted by Gasteiger charge is -2.33. The van der Waals surface area contributed by atoms with E-state index >= 15 is 0 Å². The van der Waals surface area contributed by atoms with E-state index in [1.54, 1.807) is 27.5 Å². The molecule has 0 aliphatic carbocycles. The van der Waals surface area contributed by atoms with E-state index in [1.807, 2.05) is 47.4 Å². The van der Waals surface area contributed by atoms with Crippen LogP contribution in [0.3, 0.4) is 0 Å². The van der Waals surface area contributed by atoms with Gasteiger partial charge >= 0.3 is 0 Å². The Labute approximate surface area is 194 Å². The number of aromatic nitrogens is 1. The largest absolute Gasteiger partial charge is 0.493 e. The number of hydrogen-bond acceptors (Lipinski definition) is 6. The van der Waals surface area contributed by atoms with Crippen LogP contribution in [0.15, 0.2) is 60.8 Å². The molecule has 2 aromatic carbocycles. The zero-order valence-electron chi connectivity index (χ0n) is 19.2. The lowest BCUT2D eigenvalue weighted by molar-refractivity contribution is -0.136. The molecule has 33 heavy (non-hydrogen) atoms. The van der Waals surface area contributed by atoms with Gasteiger partial charge in [0.1, 0.15) is 0 Å². The topological polar surface area (TPSA) is 72.9 Å². The van der Waals surface area contributed by atoms with Crippen molar-refractivity contribution in [3.63, 3.8) is 0 Å². The second-order valence-corrected chi connectivity index (χ2v) is 7.92. The van der Waals surface area contributed by atoms with E-state index in [4.69, 9.17) is 14.2 Å². The molecule has 1 N–H and O–H groups in total. The number of piperazine rings is 1. The molecular weight excluding hydrogens is 418 g/mol. The fourth-order valence-electron chi connectivity index (χ4n) is 4.14. The SMILES string of the molecule is COc1cc(-c2cc(CN3CCN[C@@H](Cc4ccccc4)C3=O)ccn2)cc(OC)c1OC. The van der Waals surface area contributed by atoms with Crippen molar-refractivity contribution >= 4 is 5.91 Å². The van der Waals surface area contributed by atoms with Gasteiger partial charge < -0.3 is 24.4 Å². The van der Waals surface area contributed by atoms with Gasteiger partial charge in [0.05, 0.1) is 33.1 Å². The number of ether oxygens (including phenoxy) is 3. The summed E-state index contributed by atoms with van der Waals surface area (Å²) in [5.74, 6) is 1.80. The van der Waals surface area contributed by atoms with Gasteiger partial charge in [-0.2, -0.15) is 0 Å². The first kappa shape index (κ1) is 22.6. The van der Waals surface area contributed by atoms with Crippen molar-refractivity contribution in [3.05, 3.63) is 71.9 Å². The molecule has 1 saturated heterocycles. The summed E-state index contributed by atoms with van der Waals surface area (Å²) in [6.45, 7) is 1.98. The van der Waals surface area contributed by atoms with Gasteiger partial charge in [0.15, 0.2) is 11.5 Å². The first-order valence-electron chi connectivity index (χ1n) is 10.9. The molecule has 2 heterocycles. The number of nitrogens with zero attached hydrogens (tertiary/aromatic N) is 2. The average Bonchev–Trinajstić information content (AvgIpc) is 2.86. The van der Waals surface area contributed by atoms with E-state index < -0.39 is 0 Å². The predicted octanol–water partition coefficient (Wildman–Crippen LogP) is 3.32. The van der Waals surface area contributed by atoms with Gasteiger partial charge in [-0.3, -0.25) is 9.78 Å². The van der Waals surface area contributed by atoms with Crippen molar-refractivity contribution in [1.29, 1.82) is 0 Å². The summed E-state index contributed by atoms with van der Waals surface area (Å²) >= 11 is 0. The van der Waals surface area contributed by atoms with Crippen LogP contribution in [-0.4, -0.2) is 56.3 Å². The number of carbonyl (C=O) groups excluding carboxylic acids is 1. The number of nitrogens with one attached hydrogen (secondary N) is 1. The monoisotopic (exact) mass is 447 g/mol. The highest BCUT2D eigenvalue weighted by Crippen LogP contribution is 2.40. The number of methoxy groups -OCH3 is 3. The Hall–Kier alpha value is -3.58. The van der Waals surface area contributed by atoms with E-state index in [0.29, 0.717) is 36.8 Å². The van der Waals surface area contributed by atoms with Crippen molar-refractivity contribution in [1.82, 2.24) is 15.2 Å². The van der Waals surface area contributed by atoms with Gasteiger partial charge in [0.25, 0.3) is 0 Å². The lowest BCUT2D eigenvalue weighted by Crippen LogP contribution is -2.55. The fraction of sp³-hybridized carbons (Fsp3) is 0.308. The van der Waals surface area contributed by atoms with Gasteiger partial charge in [0.2, 0.25) is 11.7 Å².